The molecule has 7 heteroatoms. The standard InChI is InChI=1S/C22H24N2O3S2/c1-3-4-8-17-11-13-18(14-12-17)23-22(25)21-20(15-16-28-21)29(26,27)24(2)19-9-6-5-7-10-19/h5-7,9-16H,3-4,8H2,1-2H3,(H,23,25). The van der Waals surface area contributed by atoms with Crippen molar-refractivity contribution in [1.29, 1.82) is 0 Å². The van der Waals surface area contributed by atoms with Crippen molar-refractivity contribution in [3.8, 4) is 0 Å². The Kier molecular flexibility index (Phi) is 6.71. The fourth-order valence-corrected chi connectivity index (χ4v) is 5.40. The average molecular weight is 429 g/mol. The first kappa shape index (κ1) is 21.1. The Labute approximate surface area is 176 Å². The Morgan fingerprint density at radius 2 is 1.72 bits per heavy atom. The van der Waals surface area contributed by atoms with Gasteiger partial charge in [-0.15, -0.1) is 11.3 Å². The molecule has 1 amide bonds. The lowest BCUT2D eigenvalue weighted by Gasteiger charge is -2.19. The first-order chi connectivity index (χ1) is 13.9. The van der Waals surface area contributed by atoms with Crippen molar-refractivity contribution in [1.82, 2.24) is 0 Å². The Hall–Kier alpha value is -2.64. The zero-order valence-electron chi connectivity index (χ0n) is 16.5. The first-order valence-corrected chi connectivity index (χ1v) is 11.8. The molecule has 3 rings (SSSR count). The molecule has 0 radical (unpaired) electrons. The van der Waals surface area contributed by atoms with Gasteiger partial charge in [-0.2, -0.15) is 0 Å². The predicted octanol–water partition coefficient (Wildman–Crippen LogP) is 5.17. The third kappa shape index (κ3) is 4.86. The van der Waals surface area contributed by atoms with E-state index in [1.807, 2.05) is 30.3 Å². The van der Waals surface area contributed by atoms with Gasteiger partial charge >= 0.3 is 0 Å². The van der Waals surface area contributed by atoms with Crippen LogP contribution in [0.3, 0.4) is 0 Å². The zero-order valence-corrected chi connectivity index (χ0v) is 18.1. The van der Waals surface area contributed by atoms with Gasteiger partial charge in [0.05, 0.1) is 5.69 Å². The molecule has 0 aliphatic rings. The van der Waals surface area contributed by atoms with Gasteiger partial charge in [0.1, 0.15) is 9.77 Å². The Morgan fingerprint density at radius 1 is 1.03 bits per heavy atom. The molecule has 1 aromatic heterocycles. The Morgan fingerprint density at radius 3 is 2.38 bits per heavy atom. The van der Waals surface area contributed by atoms with Crippen LogP contribution in [0, 0.1) is 0 Å². The number of nitrogens with zero attached hydrogens (tertiary/aromatic N) is 1. The highest BCUT2D eigenvalue weighted by atomic mass is 32.2. The molecule has 29 heavy (non-hydrogen) atoms. The van der Waals surface area contributed by atoms with Gasteiger partial charge in [-0.25, -0.2) is 8.42 Å². The summed E-state index contributed by atoms with van der Waals surface area (Å²) in [5.41, 5.74) is 2.39. The van der Waals surface area contributed by atoms with Gasteiger partial charge in [0.2, 0.25) is 0 Å². The Bertz CT molecular complexity index is 1060. The molecule has 0 fully saturated rings. The number of unbranched alkanes of at least 4 members (excludes halogenated alkanes) is 1. The van der Waals surface area contributed by atoms with Gasteiger partial charge in [-0.05, 0) is 54.1 Å². The van der Waals surface area contributed by atoms with E-state index in [0.29, 0.717) is 11.4 Å². The van der Waals surface area contributed by atoms with E-state index < -0.39 is 15.9 Å². The SMILES string of the molecule is CCCCc1ccc(NC(=O)c2sccc2S(=O)(=O)N(C)c2ccccc2)cc1. The summed E-state index contributed by atoms with van der Waals surface area (Å²) in [6, 6.07) is 17.9. The van der Waals surface area contributed by atoms with Crippen molar-refractivity contribution in [3.63, 3.8) is 0 Å². The van der Waals surface area contributed by atoms with Gasteiger partial charge < -0.3 is 5.32 Å². The number of carbonyl (C=O) groups excluding carboxylic acids is 1. The highest BCUT2D eigenvalue weighted by Gasteiger charge is 2.28. The minimum Gasteiger partial charge on any atom is -0.321 e. The number of nitrogens with one attached hydrogen (secondary N) is 1. The van der Waals surface area contributed by atoms with Crippen LogP contribution < -0.4 is 9.62 Å². The number of hydrogen-bond acceptors (Lipinski definition) is 4. The maximum absolute atomic E-state index is 13.1. The molecule has 1 heterocycles. The monoisotopic (exact) mass is 428 g/mol. The number of hydrogen-bond donors (Lipinski definition) is 1. The third-order valence-electron chi connectivity index (χ3n) is 4.62. The van der Waals surface area contributed by atoms with Crippen LogP contribution in [0.1, 0.15) is 35.0 Å². The summed E-state index contributed by atoms with van der Waals surface area (Å²) in [5.74, 6) is -0.429. The number of para-hydroxylation sites is 1. The fraction of sp³-hybridized carbons (Fsp3) is 0.227. The summed E-state index contributed by atoms with van der Waals surface area (Å²) in [6.45, 7) is 2.15. The van der Waals surface area contributed by atoms with E-state index in [9.17, 15) is 13.2 Å². The van der Waals surface area contributed by atoms with E-state index in [1.54, 1.807) is 29.6 Å². The topological polar surface area (TPSA) is 66.5 Å². The molecule has 0 saturated heterocycles. The maximum atomic E-state index is 13.1. The van der Waals surface area contributed by atoms with Gasteiger partial charge in [0.25, 0.3) is 15.9 Å². The number of carbonyl (C=O) groups is 1. The average Bonchev–Trinajstić information content (AvgIpc) is 3.24. The largest absolute Gasteiger partial charge is 0.321 e. The number of rotatable bonds is 8. The summed E-state index contributed by atoms with van der Waals surface area (Å²) in [6.07, 6.45) is 3.26. The predicted molar refractivity (Wildman–Crippen MR) is 119 cm³/mol. The van der Waals surface area contributed by atoms with Gasteiger partial charge in [-0.3, -0.25) is 9.10 Å². The molecule has 0 atom stereocenters. The van der Waals surface area contributed by atoms with Crippen LogP contribution in [0.15, 0.2) is 70.9 Å². The molecule has 3 aromatic rings. The second-order valence-corrected chi connectivity index (χ2v) is 9.53. The fourth-order valence-electron chi connectivity index (χ4n) is 2.91. The lowest BCUT2D eigenvalue weighted by molar-refractivity contribution is 0.102. The molecule has 0 spiro atoms. The van der Waals surface area contributed by atoms with E-state index in [1.165, 1.54) is 23.0 Å². The molecule has 2 aromatic carbocycles. The molecule has 0 saturated carbocycles. The highest BCUT2D eigenvalue weighted by molar-refractivity contribution is 7.93. The quantitative estimate of drug-likeness (QED) is 0.538. The normalized spacial score (nSPS) is 11.2. The van der Waals surface area contributed by atoms with Crippen LogP contribution in [-0.4, -0.2) is 21.4 Å². The van der Waals surface area contributed by atoms with Crippen molar-refractivity contribution >= 4 is 38.6 Å². The summed E-state index contributed by atoms with van der Waals surface area (Å²) < 4.78 is 27.3. The Balaban J connectivity index is 1.79. The van der Waals surface area contributed by atoms with Crippen LogP contribution >= 0.6 is 11.3 Å². The summed E-state index contributed by atoms with van der Waals surface area (Å²) in [7, 11) is -2.37. The van der Waals surface area contributed by atoms with Crippen LogP contribution in [0.25, 0.3) is 0 Å². The lowest BCUT2D eigenvalue weighted by Crippen LogP contribution is -2.28. The van der Waals surface area contributed by atoms with Crippen LogP contribution in [0.5, 0.6) is 0 Å². The van der Waals surface area contributed by atoms with Crippen molar-refractivity contribution in [2.24, 2.45) is 0 Å². The van der Waals surface area contributed by atoms with Crippen molar-refractivity contribution in [2.45, 2.75) is 31.1 Å². The molecule has 5 nitrogen and oxygen atoms in total. The minimum atomic E-state index is -3.85. The second-order valence-electron chi connectivity index (χ2n) is 6.68. The first-order valence-electron chi connectivity index (χ1n) is 9.45. The molecular weight excluding hydrogens is 404 g/mol. The molecule has 0 aliphatic carbocycles. The van der Waals surface area contributed by atoms with E-state index in [4.69, 9.17) is 0 Å². The molecule has 1 N–H and O–H groups in total. The van der Waals surface area contributed by atoms with Gasteiger partial charge in [-0.1, -0.05) is 43.7 Å². The maximum Gasteiger partial charge on any atom is 0.267 e. The summed E-state index contributed by atoms with van der Waals surface area (Å²) >= 11 is 1.11. The van der Waals surface area contributed by atoms with Gasteiger partial charge in [0.15, 0.2) is 0 Å². The van der Waals surface area contributed by atoms with Crippen molar-refractivity contribution < 1.29 is 13.2 Å². The van der Waals surface area contributed by atoms with Crippen LogP contribution in [0.4, 0.5) is 11.4 Å². The zero-order chi connectivity index (χ0) is 20.9. The molecule has 0 bridgehead atoms. The summed E-state index contributed by atoms with van der Waals surface area (Å²) in [5, 5.41) is 4.43. The molecule has 152 valence electrons. The van der Waals surface area contributed by atoms with Gasteiger partial charge in [0, 0.05) is 12.7 Å². The smallest absolute Gasteiger partial charge is 0.267 e. The molecule has 0 aliphatic heterocycles. The van der Waals surface area contributed by atoms with Crippen LogP contribution in [-0.2, 0) is 16.4 Å². The highest BCUT2D eigenvalue weighted by Crippen LogP contribution is 2.28. The van der Waals surface area contributed by atoms with E-state index >= 15 is 0 Å². The third-order valence-corrected chi connectivity index (χ3v) is 7.49. The number of thiophene rings is 1. The number of anilines is 2. The van der Waals surface area contributed by atoms with Crippen molar-refractivity contribution in [2.75, 3.05) is 16.7 Å². The molecular formula is C22H24N2O3S2. The van der Waals surface area contributed by atoms with Crippen LogP contribution in [0.2, 0.25) is 0 Å². The van der Waals surface area contributed by atoms with E-state index in [2.05, 4.69) is 12.2 Å². The number of sulfonamides is 1. The number of aryl methyl sites for hydroxylation is 1. The number of benzene rings is 2. The number of amides is 1. The molecule has 0 unspecified atom stereocenters. The van der Waals surface area contributed by atoms with E-state index in [0.717, 1.165) is 30.6 Å². The lowest BCUT2D eigenvalue weighted by atomic mass is 10.1. The van der Waals surface area contributed by atoms with E-state index in [-0.39, 0.29) is 9.77 Å². The second kappa shape index (κ2) is 9.24. The minimum absolute atomic E-state index is 0.00548. The summed E-state index contributed by atoms with van der Waals surface area (Å²) in [4.78, 5) is 12.9. The van der Waals surface area contributed by atoms with Crippen molar-refractivity contribution in [3.05, 3.63) is 76.5 Å².